The van der Waals surface area contributed by atoms with Gasteiger partial charge in [0.1, 0.15) is 5.60 Å². The van der Waals surface area contributed by atoms with Gasteiger partial charge in [0.25, 0.3) is 6.47 Å². The number of aliphatic hydroxyl groups excluding tert-OH is 1. The van der Waals surface area contributed by atoms with Crippen molar-refractivity contribution in [2.45, 2.75) is 277 Å². The van der Waals surface area contributed by atoms with Crippen LogP contribution in [0.5, 0.6) is 0 Å². The number of fused-ring (bicyclic) bond motifs is 12. The number of hydrogen-bond acceptors (Lipinski definition) is 9. The number of esters is 3. The lowest BCUT2D eigenvalue weighted by atomic mass is 9.34. The smallest absolute Gasteiger partial charge is 0.314 e. The molecule has 0 aromatic carbocycles. The summed E-state index contributed by atoms with van der Waals surface area (Å²) < 4.78 is 23.2. The molecular formula is C84H128O9. The van der Waals surface area contributed by atoms with E-state index in [1.165, 1.54) is 83.5 Å². The number of methoxy groups -OCH3 is 1. The number of aliphatic hydroxyl groups is 1. The predicted octanol–water partition coefficient (Wildman–Crippen LogP) is 19.4. The van der Waals surface area contributed by atoms with Gasteiger partial charge in [-0.15, -0.1) is 0 Å². The highest BCUT2D eigenvalue weighted by Crippen LogP contribution is 2.79. The second-order valence-electron chi connectivity index (χ2n) is 37.8. The monoisotopic (exact) mass is 1280 g/mol. The van der Waals surface area contributed by atoms with Crippen molar-refractivity contribution in [2.75, 3.05) is 20.5 Å². The molecule has 0 spiro atoms. The minimum Gasteiger partial charge on any atom is -0.469 e. The van der Waals surface area contributed by atoms with Crippen molar-refractivity contribution in [3.63, 3.8) is 0 Å². The summed E-state index contributed by atoms with van der Waals surface area (Å²) in [7, 11) is 1.60. The lowest BCUT2D eigenvalue weighted by Crippen LogP contribution is -2.65. The fourth-order valence-corrected chi connectivity index (χ4v) is 29.7. The van der Waals surface area contributed by atoms with Gasteiger partial charge in [-0.25, -0.2) is 0 Å². The molecule has 0 amide bonds. The number of allylic oxidation sites excluding steroid dienone is 8. The molecule has 93 heavy (non-hydrogen) atoms. The standard InChI is InChI=1S/C42H64O5.C42H64O4/c1-23(2)25-13-15-30-36-28(21-32-40(30,6)17-11-19-42(32,8)38(45)47-22-43)34-26(24(3)4)12-14-29-35(34)27(33(25)36)20-31-39(29,5)16-10-18-41(31,7)37(44)46-9;1-10-45-38(44)41(8)19-11-17-39(6)30-15-13-27(25(4)5)35-29-22-33-40(7,18-12-20-42(33,9)46-23-43)31-16-14-26(24(2)3)34(37(29)31)28(36(30)35)21-32(39)41/h23-24,27-32,35-36,43H,10-22H2,1-9H3;23-25,28-33,36-37H,10-22H2,1-9H3. The second kappa shape index (κ2) is 24.0. The van der Waals surface area contributed by atoms with Crippen LogP contribution in [0.2, 0.25) is 0 Å². The zero-order chi connectivity index (χ0) is 66.8. The van der Waals surface area contributed by atoms with Crippen LogP contribution in [0, 0.1) is 156 Å². The minimum atomic E-state index is -0.568. The van der Waals surface area contributed by atoms with Crippen LogP contribution in [0.1, 0.15) is 272 Å². The summed E-state index contributed by atoms with van der Waals surface area (Å²) in [4.78, 5) is 53.5. The molecule has 0 aromatic heterocycles. The Bertz CT molecular complexity index is 3100. The highest BCUT2D eigenvalue weighted by Gasteiger charge is 2.73. The molecule has 0 heterocycles. The summed E-state index contributed by atoms with van der Waals surface area (Å²) in [6, 6.07) is 0. The van der Waals surface area contributed by atoms with Gasteiger partial charge in [-0.3, -0.25) is 19.2 Å². The van der Waals surface area contributed by atoms with Crippen molar-refractivity contribution < 1.29 is 43.2 Å². The Kier molecular flexibility index (Phi) is 17.7. The third kappa shape index (κ3) is 9.69. The minimum absolute atomic E-state index is 0.0128. The molecule has 0 radical (unpaired) electrons. The second-order valence-corrected chi connectivity index (χ2v) is 37.8. The molecule has 0 bridgehead atoms. The molecule has 14 rings (SSSR count). The van der Waals surface area contributed by atoms with Gasteiger partial charge in [0.2, 0.25) is 0 Å². The van der Waals surface area contributed by atoms with Crippen molar-refractivity contribution >= 4 is 24.4 Å². The zero-order valence-corrected chi connectivity index (χ0v) is 61.7. The molecule has 9 nitrogen and oxygen atoms in total. The van der Waals surface area contributed by atoms with Crippen molar-refractivity contribution in [1.29, 1.82) is 0 Å². The zero-order valence-electron chi connectivity index (χ0n) is 61.7. The van der Waals surface area contributed by atoms with Crippen LogP contribution in [0.25, 0.3) is 0 Å². The highest BCUT2D eigenvalue weighted by atomic mass is 16.6. The van der Waals surface area contributed by atoms with E-state index in [-0.39, 0.29) is 51.1 Å². The normalized spacial score (nSPS) is 47.5. The Morgan fingerprint density at radius 1 is 0.441 bits per heavy atom. The average molecular weight is 1280 g/mol. The van der Waals surface area contributed by atoms with E-state index >= 15 is 0 Å². The Hall–Kier alpha value is -3.20. The van der Waals surface area contributed by atoms with E-state index in [1.54, 1.807) is 35.0 Å². The van der Waals surface area contributed by atoms with Gasteiger partial charge < -0.3 is 24.1 Å². The molecule has 0 aromatic rings. The van der Waals surface area contributed by atoms with Crippen LogP contribution in [-0.4, -0.2) is 55.6 Å². The van der Waals surface area contributed by atoms with Crippen LogP contribution >= 0.6 is 0 Å². The molecule has 10 saturated carbocycles. The topological polar surface area (TPSA) is 125 Å². The average Bonchev–Trinajstić information content (AvgIpc) is 0.679. The fourth-order valence-electron chi connectivity index (χ4n) is 29.7. The summed E-state index contributed by atoms with van der Waals surface area (Å²) in [6.07, 6.45) is 27.3. The molecule has 1 N–H and O–H groups in total. The molecule has 14 aliphatic carbocycles. The quantitative estimate of drug-likeness (QED) is 0.0708. The van der Waals surface area contributed by atoms with E-state index in [0.717, 1.165) is 77.1 Å². The third-order valence-electron chi connectivity index (χ3n) is 33.2. The van der Waals surface area contributed by atoms with Crippen LogP contribution in [0.3, 0.4) is 0 Å². The molecule has 9 heteroatoms. The maximum atomic E-state index is 13.9. The number of hydrogen-bond donors (Lipinski definition) is 1. The lowest BCUT2D eigenvalue weighted by molar-refractivity contribution is -0.196. The summed E-state index contributed by atoms with van der Waals surface area (Å²) in [5.41, 5.74) is 13.1. The molecule has 10 fully saturated rings. The van der Waals surface area contributed by atoms with E-state index in [0.29, 0.717) is 119 Å². The van der Waals surface area contributed by atoms with Gasteiger partial charge in [0.05, 0.1) is 30.0 Å². The van der Waals surface area contributed by atoms with Gasteiger partial charge in [-0.05, 0) is 304 Å². The molecule has 0 aliphatic heterocycles. The number of carbonyl (C=O) groups is 4. The molecule has 14 aliphatic rings. The first-order chi connectivity index (χ1) is 43.9. The van der Waals surface area contributed by atoms with Gasteiger partial charge in [-0.1, -0.05) is 147 Å². The van der Waals surface area contributed by atoms with Gasteiger partial charge >= 0.3 is 17.9 Å². The Morgan fingerprint density at radius 3 is 1.02 bits per heavy atom. The first-order valence-corrected chi connectivity index (χ1v) is 39.0. The van der Waals surface area contributed by atoms with Crippen molar-refractivity contribution in [2.24, 2.45) is 156 Å². The van der Waals surface area contributed by atoms with Gasteiger partial charge in [-0.2, -0.15) is 0 Å². The lowest BCUT2D eigenvalue weighted by Gasteiger charge is -2.70. The summed E-state index contributed by atoms with van der Waals surface area (Å²) >= 11 is 0. The number of rotatable bonds is 11. The fraction of sp³-hybridized carbons (Fsp3) is 0.857. The number of carbonyl (C=O) groups excluding carboxylic acids is 4. The largest absolute Gasteiger partial charge is 0.469 e. The molecule has 518 valence electrons. The maximum Gasteiger partial charge on any atom is 0.314 e. The Morgan fingerprint density at radius 2 is 0.731 bits per heavy atom. The maximum absolute atomic E-state index is 13.9. The van der Waals surface area contributed by atoms with Crippen molar-refractivity contribution in [1.82, 2.24) is 0 Å². The SMILES string of the molecule is CCOC(=O)C1(C)CCCC2(C)C3CCC(C(C)C)=C4C5CC6C(C)(OC=O)CCCC6(C)C6CCC(C(C)C)=C(C(CC12)C43)C56.COC(=O)C1(C)CCCC2(C)C3CCC(C(C)C)=C4C5CC6C(C)(C(=O)OCO)CCCC6(C)C6CCC(C(C)C)=C(C(CC12)C43)C56. The Labute approximate surface area is 563 Å². The summed E-state index contributed by atoms with van der Waals surface area (Å²) in [6.45, 7) is 41.6. The number of ether oxygens (including phenoxy) is 4. The van der Waals surface area contributed by atoms with E-state index in [9.17, 15) is 24.3 Å². The first-order valence-electron chi connectivity index (χ1n) is 39.0. The third-order valence-corrected chi connectivity index (χ3v) is 33.2. The van der Waals surface area contributed by atoms with Gasteiger partial charge in [0.15, 0.2) is 6.79 Å². The van der Waals surface area contributed by atoms with Crippen LogP contribution in [0.15, 0.2) is 44.6 Å². The van der Waals surface area contributed by atoms with E-state index in [1.807, 2.05) is 23.6 Å². The van der Waals surface area contributed by atoms with Crippen LogP contribution < -0.4 is 0 Å². The van der Waals surface area contributed by atoms with Crippen LogP contribution in [-0.2, 0) is 38.1 Å². The summed E-state index contributed by atoms with van der Waals surface area (Å²) in [5, 5.41) is 9.71. The Balaban J connectivity index is 0.000000169. The summed E-state index contributed by atoms with van der Waals surface area (Å²) in [5.74, 6) is 10.1. The molecule has 24 unspecified atom stereocenters. The van der Waals surface area contributed by atoms with Gasteiger partial charge in [0, 0.05) is 5.92 Å². The first kappa shape index (κ1) is 68.3. The molecule has 24 atom stereocenters. The van der Waals surface area contributed by atoms with Crippen LogP contribution in [0.4, 0.5) is 0 Å². The molecular weight excluding hydrogens is 1150 g/mol. The van der Waals surface area contributed by atoms with E-state index in [4.69, 9.17) is 18.9 Å². The van der Waals surface area contributed by atoms with E-state index < -0.39 is 23.0 Å². The van der Waals surface area contributed by atoms with Crippen molar-refractivity contribution in [3.8, 4) is 0 Å². The predicted molar refractivity (Wildman–Crippen MR) is 368 cm³/mol. The van der Waals surface area contributed by atoms with Crippen molar-refractivity contribution in [3.05, 3.63) is 44.6 Å². The highest BCUT2D eigenvalue weighted by molar-refractivity contribution is 5.78. The van der Waals surface area contributed by atoms with E-state index in [2.05, 4.69) is 111 Å². The molecule has 0 saturated heterocycles.